The Balaban J connectivity index is 2.64. The van der Waals surface area contributed by atoms with Gasteiger partial charge in [-0.3, -0.25) is 9.59 Å². The lowest BCUT2D eigenvalue weighted by Gasteiger charge is -2.07. The Kier molecular flexibility index (Phi) is 4.59. The Morgan fingerprint density at radius 3 is 2.65 bits per heavy atom. The summed E-state index contributed by atoms with van der Waals surface area (Å²) in [5, 5.41) is 4.46. The summed E-state index contributed by atoms with van der Waals surface area (Å²) in [7, 11) is 0. The third kappa shape index (κ3) is 3.84. The molecule has 17 heavy (non-hydrogen) atoms. The minimum Gasteiger partial charge on any atom is -0.347 e. The van der Waals surface area contributed by atoms with E-state index in [0.717, 1.165) is 5.56 Å². The van der Waals surface area contributed by atoms with E-state index in [1.54, 1.807) is 13.0 Å². The highest BCUT2D eigenvalue weighted by Crippen LogP contribution is 2.14. The maximum absolute atomic E-state index is 13.4. The van der Waals surface area contributed by atoms with Crippen molar-refractivity contribution < 1.29 is 14.0 Å². The normalized spacial score (nSPS) is 9.82. The van der Waals surface area contributed by atoms with E-state index in [1.165, 1.54) is 12.1 Å². The van der Waals surface area contributed by atoms with Gasteiger partial charge in [-0.15, -0.1) is 0 Å². The molecule has 0 aliphatic heterocycles. The number of carbonyl (C=O) groups excluding carboxylic acids is 2. The van der Waals surface area contributed by atoms with Crippen molar-refractivity contribution in [2.75, 3.05) is 18.4 Å². The van der Waals surface area contributed by atoms with Gasteiger partial charge in [-0.2, -0.15) is 0 Å². The first-order valence-electron chi connectivity index (χ1n) is 5.10. The van der Waals surface area contributed by atoms with Crippen LogP contribution in [0.25, 0.3) is 0 Å². The maximum atomic E-state index is 13.4. The summed E-state index contributed by atoms with van der Waals surface area (Å²) in [4.78, 5) is 22.5. The smallest absolute Gasteiger partial charge is 0.313 e. The van der Waals surface area contributed by atoms with E-state index >= 15 is 0 Å². The average Bonchev–Trinajstić information content (AvgIpc) is 2.29. The number of amides is 2. The van der Waals surface area contributed by atoms with Gasteiger partial charge in [0.15, 0.2) is 0 Å². The lowest BCUT2D eigenvalue weighted by atomic mass is 10.2. The molecule has 0 fully saturated rings. The molecule has 0 atom stereocenters. The Labute approximate surface area is 98.2 Å². The summed E-state index contributed by atoms with van der Waals surface area (Å²) in [5.41, 5.74) is 5.87. The first-order valence-corrected chi connectivity index (χ1v) is 5.10. The number of aryl methyl sites for hydroxylation is 1. The Morgan fingerprint density at radius 1 is 1.35 bits per heavy atom. The standard InChI is InChI=1S/C11H14FN3O2/c1-7-2-3-9(8(12)6-7)15-11(17)10(16)14-5-4-13/h2-3,6H,4-5,13H2,1H3,(H,14,16)(H,15,17). The summed E-state index contributed by atoms with van der Waals surface area (Å²) < 4.78 is 13.4. The summed E-state index contributed by atoms with van der Waals surface area (Å²) in [6, 6.07) is 4.31. The highest BCUT2D eigenvalue weighted by atomic mass is 19.1. The molecule has 1 aromatic rings. The van der Waals surface area contributed by atoms with E-state index in [9.17, 15) is 14.0 Å². The fourth-order valence-corrected chi connectivity index (χ4v) is 1.17. The quantitative estimate of drug-likeness (QED) is 0.656. The molecule has 0 saturated heterocycles. The first-order chi connectivity index (χ1) is 8.04. The van der Waals surface area contributed by atoms with Gasteiger partial charge < -0.3 is 16.4 Å². The molecule has 0 radical (unpaired) electrons. The zero-order valence-electron chi connectivity index (χ0n) is 9.42. The van der Waals surface area contributed by atoms with Crippen LogP contribution in [0.5, 0.6) is 0 Å². The van der Waals surface area contributed by atoms with Crippen molar-refractivity contribution >= 4 is 17.5 Å². The second-order valence-corrected chi connectivity index (χ2v) is 3.48. The van der Waals surface area contributed by atoms with E-state index in [-0.39, 0.29) is 18.8 Å². The predicted molar refractivity (Wildman–Crippen MR) is 61.8 cm³/mol. The SMILES string of the molecule is Cc1ccc(NC(=O)C(=O)NCCN)c(F)c1. The number of carbonyl (C=O) groups is 2. The predicted octanol–water partition coefficient (Wildman–Crippen LogP) is 0.148. The number of hydrogen-bond acceptors (Lipinski definition) is 3. The molecule has 4 N–H and O–H groups in total. The molecule has 1 aromatic carbocycles. The zero-order valence-corrected chi connectivity index (χ0v) is 9.42. The van der Waals surface area contributed by atoms with Gasteiger partial charge in [0.1, 0.15) is 5.82 Å². The van der Waals surface area contributed by atoms with Gasteiger partial charge in [0, 0.05) is 13.1 Å². The van der Waals surface area contributed by atoms with Gasteiger partial charge >= 0.3 is 11.8 Å². The van der Waals surface area contributed by atoms with Crippen LogP contribution in [0.3, 0.4) is 0 Å². The highest BCUT2D eigenvalue weighted by Gasteiger charge is 2.14. The molecule has 0 aromatic heterocycles. The van der Waals surface area contributed by atoms with Crippen molar-refractivity contribution in [2.45, 2.75) is 6.92 Å². The fourth-order valence-electron chi connectivity index (χ4n) is 1.17. The first kappa shape index (κ1) is 13.1. The van der Waals surface area contributed by atoms with Crippen molar-refractivity contribution in [3.63, 3.8) is 0 Å². The molecule has 0 saturated carbocycles. The Bertz CT molecular complexity index is 435. The van der Waals surface area contributed by atoms with E-state index < -0.39 is 17.6 Å². The molecule has 1 rings (SSSR count). The van der Waals surface area contributed by atoms with E-state index in [0.29, 0.717) is 0 Å². The molecule has 0 aliphatic rings. The number of benzene rings is 1. The molecule has 92 valence electrons. The van der Waals surface area contributed by atoms with Crippen LogP contribution in [0.2, 0.25) is 0 Å². The molecule has 0 bridgehead atoms. The van der Waals surface area contributed by atoms with Gasteiger partial charge in [-0.05, 0) is 24.6 Å². The number of anilines is 1. The van der Waals surface area contributed by atoms with Crippen LogP contribution < -0.4 is 16.4 Å². The van der Waals surface area contributed by atoms with Gasteiger partial charge in [-0.1, -0.05) is 6.07 Å². The summed E-state index contributed by atoms with van der Waals surface area (Å²) >= 11 is 0. The molecule has 6 heteroatoms. The number of nitrogens with one attached hydrogen (secondary N) is 2. The van der Waals surface area contributed by atoms with E-state index in [4.69, 9.17) is 5.73 Å². The number of rotatable bonds is 3. The van der Waals surface area contributed by atoms with Crippen LogP contribution in [-0.2, 0) is 9.59 Å². The van der Waals surface area contributed by atoms with E-state index in [1.807, 2.05) is 0 Å². The molecular weight excluding hydrogens is 225 g/mol. The monoisotopic (exact) mass is 239 g/mol. The minimum atomic E-state index is -0.916. The maximum Gasteiger partial charge on any atom is 0.313 e. The van der Waals surface area contributed by atoms with Crippen LogP contribution in [-0.4, -0.2) is 24.9 Å². The van der Waals surface area contributed by atoms with Crippen molar-refractivity contribution in [3.05, 3.63) is 29.6 Å². The number of hydrogen-bond donors (Lipinski definition) is 3. The fraction of sp³-hybridized carbons (Fsp3) is 0.273. The van der Waals surface area contributed by atoms with Crippen molar-refractivity contribution in [3.8, 4) is 0 Å². The number of nitrogens with two attached hydrogens (primary N) is 1. The van der Waals surface area contributed by atoms with Crippen molar-refractivity contribution in [1.29, 1.82) is 0 Å². The van der Waals surface area contributed by atoms with Crippen molar-refractivity contribution in [1.82, 2.24) is 5.32 Å². The molecule has 5 nitrogen and oxygen atoms in total. The lowest BCUT2D eigenvalue weighted by Crippen LogP contribution is -2.38. The molecule has 0 unspecified atom stereocenters. The van der Waals surface area contributed by atoms with Crippen LogP contribution in [0.1, 0.15) is 5.56 Å². The molecule has 0 aliphatic carbocycles. The van der Waals surface area contributed by atoms with Crippen LogP contribution >= 0.6 is 0 Å². The lowest BCUT2D eigenvalue weighted by molar-refractivity contribution is -0.136. The highest BCUT2D eigenvalue weighted by molar-refractivity contribution is 6.39. The summed E-state index contributed by atoms with van der Waals surface area (Å²) in [5.74, 6) is -2.33. The van der Waals surface area contributed by atoms with Crippen LogP contribution in [0, 0.1) is 12.7 Å². The average molecular weight is 239 g/mol. The zero-order chi connectivity index (χ0) is 12.8. The van der Waals surface area contributed by atoms with Crippen molar-refractivity contribution in [2.24, 2.45) is 5.73 Å². The molecule has 0 heterocycles. The molecular formula is C11H14FN3O2. The molecule has 0 spiro atoms. The third-order valence-electron chi connectivity index (χ3n) is 2.01. The second kappa shape index (κ2) is 5.95. The second-order valence-electron chi connectivity index (χ2n) is 3.48. The van der Waals surface area contributed by atoms with E-state index in [2.05, 4.69) is 10.6 Å². The largest absolute Gasteiger partial charge is 0.347 e. The minimum absolute atomic E-state index is 0.0245. The molecule has 2 amide bonds. The van der Waals surface area contributed by atoms with Gasteiger partial charge in [0.2, 0.25) is 0 Å². The van der Waals surface area contributed by atoms with Gasteiger partial charge in [-0.25, -0.2) is 4.39 Å². The summed E-state index contributed by atoms with van der Waals surface area (Å²) in [6.07, 6.45) is 0. The topological polar surface area (TPSA) is 84.2 Å². The Morgan fingerprint density at radius 2 is 2.06 bits per heavy atom. The Hall–Kier alpha value is -1.95. The van der Waals surface area contributed by atoms with Gasteiger partial charge in [0.25, 0.3) is 0 Å². The van der Waals surface area contributed by atoms with Crippen LogP contribution in [0.4, 0.5) is 10.1 Å². The summed E-state index contributed by atoms with van der Waals surface area (Å²) in [6.45, 7) is 2.16. The number of halogens is 1. The van der Waals surface area contributed by atoms with Gasteiger partial charge in [0.05, 0.1) is 5.69 Å². The third-order valence-corrected chi connectivity index (χ3v) is 2.01. The van der Waals surface area contributed by atoms with Crippen LogP contribution in [0.15, 0.2) is 18.2 Å².